The highest BCUT2D eigenvalue weighted by molar-refractivity contribution is 8.37. The SMILES string of the molecule is CN(/N=C/c1ccc(OCOc2ccc(CCN3C(=O)C(c4ccccc4)=C(c4ccccc4)C3=O)cc2)cc1)P(=S)(Cl)Cl. The lowest BCUT2D eigenvalue weighted by atomic mass is 9.96. The van der Waals surface area contributed by atoms with Crippen LogP contribution in [-0.2, 0) is 27.8 Å². The van der Waals surface area contributed by atoms with Gasteiger partial charge in [-0.1, -0.05) is 72.8 Å². The second kappa shape index (κ2) is 14.2. The minimum Gasteiger partial charge on any atom is -0.458 e. The molecule has 2 amide bonds. The van der Waals surface area contributed by atoms with E-state index < -0.39 is 4.89 Å². The van der Waals surface area contributed by atoms with Crippen molar-refractivity contribution in [3.05, 3.63) is 131 Å². The van der Waals surface area contributed by atoms with Gasteiger partial charge in [0, 0.05) is 13.6 Å². The van der Waals surface area contributed by atoms with Crippen LogP contribution in [0.2, 0.25) is 0 Å². The molecule has 11 heteroatoms. The summed E-state index contributed by atoms with van der Waals surface area (Å²) in [5.74, 6) is 0.696. The lowest BCUT2D eigenvalue weighted by Gasteiger charge is -2.16. The number of halogens is 2. The molecule has 0 saturated carbocycles. The van der Waals surface area contributed by atoms with E-state index >= 15 is 0 Å². The number of rotatable bonds is 12. The molecule has 0 radical (unpaired) electrons. The van der Waals surface area contributed by atoms with Gasteiger partial charge in [0.2, 0.25) is 11.7 Å². The Balaban J connectivity index is 1.15. The summed E-state index contributed by atoms with van der Waals surface area (Å²) in [4.78, 5) is 25.7. The van der Waals surface area contributed by atoms with Gasteiger partial charge in [-0.2, -0.15) is 5.10 Å². The molecule has 0 unspecified atom stereocenters. The fourth-order valence-electron chi connectivity index (χ4n) is 4.54. The Morgan fingerprint density at radius 3 is 1.73 bits per heavy atom. The van der Waals surface area contributed by atoms with Crippen LogP contribution in [0.15, 0.2) is 114 Å². The van der Waals surface area contributed by atoms with Gasteiger partial charge >= 0.3 is 0 Å². The molecular weight excluding hydrogens is 636 g/mol. The van der Waals surface area contributed by atoms with Crippen LogP contribution in [0.3, 0.4) is 0 Å². The van der Waals surface area contributed by atoms with Gasteiger partial charge in [-0.3, -0.25) is 14.5 Å². The lowest BCUT2D eigenvalue weighted by molar-refractivity contribution is -0.135. The van der Waals surface area contributed by atoms with Crippen LogP contribution in [0.1, 0.15) is 22.3 Å². The molecule has 0 bridgehead atoms. The Labute approximate surface area is 270 Å². The van der Waals surface area contributed by atoms with E-state index in [1.807, 2.05) is 97.1 Å². The van der Waals surface area contributed by atoms with Crippen LogP contribution in [0.5, 0.6) is 11.5 Å². The van der Waals surface area contributed by atoms with Crippen LogP contribution in [0.25, 0.3) is 11.1 Å². The van der Waals surface area contributed by atoms with Gasteiger partial charge in [-0.15, -0.1) is 0 Å². The third-order valence-corrected chi connectivity index (χ3v) is 9.68. The van der Waals surface area contributed by atoms with Crippen LogP contribution >= 0.6 is 27.4 Å². The maximum atomic E-state index is 13.5. The van der Waals surface area contributed by atoms with Gasteiger partial charge in [-0.05, 0) is 99.4 Å². The molecule has 0 fully saturated rings. The largest absolute Gasteiger partial charge is 0.458 e. The Kier molecular flexibility index (Phi) is 10.2. The molecule has 0 aromatic heterocycles. The highest BCUT2D eigenvalue weighted by Gasteiger charge is 2.39. The standard InChI is InChI=1S/C33H28Cl2N3O4PS/c1-37(43(34,35)44)36-22-25-14-18-29(19-15-25)42-23-41-28-16-12-24(13-17-28)20-21-38-32(39)30(26-8-4-2-5-9-26)31(33(38)40)27-10-6-3-7-11-27/h2-19,22H,20-21,23H2,1H3/b36-22+. The summed E-state index contributed by atoms with van der Waals surface area (Å²) < 4.78 is 12.8. The molecule has 0 aliphatic carbocycles. The van der Waals surface area contributed by atoms with Crippen molar-refractivity contribution < 1.29 is 19.1 Å². The number of imide groups is 1. The van der Waals surface area contributed by atoms with Crippen molar-refractivity contribution in [2.75, 3.05) is 20.4 Å². The van der Waals surface area contributed by atoms with Crippen molar-refractivity contribution in [1.29, 1.82) is 0 Å². The number of amides is 2. The van der Waals surface area contributed by atoms with Crippen molar-refractivity contribution in [3.8, 4) is 11.5 Å². The van der Waals surface area contributed by atoms with Gasteiger partial charge in [0.25, 0.3) is 11.8 Å². The first-order valence-electron chi connectivity index (χ1n) is 13.6. The van der Waals surface area contributed by atoms with Gasteiger partial charge in [0.15, 0.2) is 0 Å². The van der Waals surface area contributed by atoms with Gasteiger partial charge in [0.1, 0.15) is 11.5 Å². The molecule has 224 valence electrons. The number of ether oxygens (including phenoxy) is 2. The van der Waals surface area contributed by atoms with Crippen molar-refractivity contribution in [3.63, 3.8) is 0 Å². The number of carbonyl (C=O) groups excluding carboxylic acids is 2. The summed E-state index contributed by atoms with van der Waals surface area (Å²) in [6.07, 6.45) is 2.12. The van der Waals surface area contributed by atoms with Crippen LogP contribution in [0, 0.1) is 0 Å². The monoisotopic (exact) mass is 663 g/mol. The van der Waals surface area contributed by atoms with Gasteiger partial charge in [-0.25, -0.2) is 4.78 Å². The zero-order valence-corrected chi connectivity index (χ0v) is 26.9. The molecule has 4 aromatic rings. The topological polar surface area (TPSA) is 71.4 Å². The summed E-state index contributed by atoms with van der Waals surface area (Å²) in [6.45, 7) is 0.280. The third-order valence-electron chi connectivity index (χ3n) is 6.88. The van der Waals surface area contributed by atoms with E-state index in [9.17, 15) is 9.59 Å². The summed E-state index contributed by atoms with van der Waals surface area (Å²) in [5, 5.41) is 4.16. The van der Waals surface area contributed by atoms with Crippen molar-refractivity contribution >= 4 is 68.4 Å². The molecule has 0 saturated heterocycles. The number of hydrogen-bond acceptors (Lipinski definition) is 6. The summed E-state index contributed by atoms with van der Waals surface area (Å²) in [6, 6.07) is 33.4. The molecule has 7 nitrogen and oxygen atoms in total. The van der Waals surface area contributed by atoms with E-state index in [-0.39, 0.29) is 25.2 Å². The molecular formula is C33H28Cl2N3O4PS. The van der Waals surface area contributed by atoms with Crippen LogP contribution in [0.4, 0.5) is 0 Å². The Morgan fingerprint density at radius 1 is 0.773 bits per heavy atom. The third kappa shape index (κ3) is 7.76. The zero-order chi connectivity index (χ0) is 31.1. The van der Waals surface area contributed by atoms with Gasteiger partial charge < -0.3 is 9.47 Å². The Hall–Kier alpha value is -3.94. The van der Waals surface area contributed by atoms with Crippen LogP contribution < -0.4 is 9.47 Å². The number of carbonyl (C=O) groups is 2. The second-order valence-electron chi connectivity index (χ2n) is 9.78. The van der Waals surface area contributed by atoms with Crippen LogP contribution in [-0.4, -0.2) is 48.1 Å². The average Bonchev–Trinajstić information content (AvgIpc) is 3.29. The number of benzene rings is 4. The fourth-order valence-corrected chi connectivity index (χ4v) is 5.08. The first kappa shape index (κ1) is 31.5. The second-order valence-corrected chi connectivity index (χ2v) is 17.5. The molecule has 44 heavy (non-hydrogen) atoms. The zero-order valence-electron chi connectivity index (χ0n) is 23.7. The smallest absolute Gasteiger partial charge is 0.262 e. The van der Waals surface area contributed by atoms with E-state index in [4.69, 9.17) is 43.8 Å². The molecule has 1 aliphatic rings. The molecule has 0 atom stereocenters. The Bertz CT molecular complexity index is 1670. The molecule has 5 rings (SSSR count). The van der Waals surface area contributed by atoms with Crippen molar-refractivity contribution in [1.82, 2.24) is 9.68 Å². The molecule has 4 aromatic carbocycles. The molecule has 0 spiro atoms. The average molecular weight is 665 g/mol. The van der Waals surface area contributed by atoms with E-state index in [2.05, 4.69) is 5.10 Å². The van der Waals surface area contributed by atoms with E-state index in [0.717, 1.165) is 22.3 Å². The summed E-state index contributed by atoms with van der Waals surface area (Å²) >= 11 is 16.9. The number of hydrogen-bond donors (Lipinski definition) is 0. The first-order valence-corrected chi connectivity index (χ1v) is 18.2. The first-order chi connectivity index (χ1) is 21.2. The Morgan fingerprint density at radius 2 is 1.25 bits per heavy atom. The number of nitrogens with zero attached hydrogens (tertiary/aromatic N) is 3. The van der Waals surface area contributed by atoms with Crippen molar-refractivity contribution in [2.45, 2.75) is 6.42 Å². The predicted molar refractivity (Wildman–Crippen MR) is 180 cm³/mol. The summed E-state index contributed by atoms with van der Waals surface area (Å²) in [5.41, 5.74) is 4.12. The highest BCUT2D eigenvalue weighted by Crippen LogP contribution is 2.59. The minimum absolute atomic E-state index is 0.0178. The van der Waals surface area contributed by atoms with Crippen molar-refractivity contribution in [2.24, 2.45) is 5.10 Å². The highest BCUT2D eigenvalue weighted by atomic mass is 35.9. The molecule has 1 heterocycles. The van der Waals surface area contributed by atoms with E-state index in [0.29, 0.717) is 29.1 Å². The quantitative estimate of drug-likeness (QED) is 0.0511. The maximum Gasteiger partial charge on any atom is 0.262 e. The summed E-state index contributed by atoms with van der Waals surface area (Å²) in [7, 11) is 1.63. The molecule has 0 N–H and O–H groups in total. The lowest BCUT2D eigenvalue weighted by Crippen LogP contribution is -2.33. The number of hydrazone groups is 1. The fraction of sp³-hybridized carbons (Fsp3) is 0.121. The minimum atomic E-state index is -2.65. The van der Waals surface area contributed by atoms with Gasteiger partial charge in [0.05, 0.1) is 17.4 Å². The maximum absolute atomic E-state index is 13.5. The van der Waals surface area contributed by atoms with E-state index in [1.54, 1.807) is 25.4 Å². The normalized spacial score (nSPS) is 13.6. The van der Waals surface area contributed by atoms with E-state index in [1.165, 1.54) is 9.68 Å². The molecule has 1 aliphatic heterocycles. The predicted octanol–water partition coefficient (Wildman–Crippen LogP) is 7.59.